The van der Waals surface area contributed by atoms with Crippen LogP contribution >= 0.6 is 27.5 Å². The van der Waals surface area contributed by atoms with Crippen LogP contribution in [0.15, 0.2) is 57.9 Å². The molecule has 0 N–H and O–H groups in total. The third-order valence-electron chi connectivity index (χ3n) is 3.45. The average Bonchev–Trinajstić information content (AvgIpc) is 2.48. The van der Waals surface area contributed by atoms with Gasteiger partial charge >= 0.3 is 0 Å². The molecule has 0 aliphatic rings. The minimum absolute atomic E-state index is 0.0811. The van der Waals surface area contributed by atoms with Gasteiger partial charge in [0.15, 0.2) is 0 Å². The van der Waals surface area contributed by atoms with Gasteiger partial charge < -0.3 is 0 Å². The van der Waals surface area contributed by atoms with Gasteiger partial charge in [-0.1, -0.05) is 23.7 Å². The highest BCUT2D eigenvalue weighted by molar-refractivity contribution is 9.10. The Morgan fingerprint density at radius 1 is 1.22 bits per heavy atom. The monoisotopic (exact) mass is 391 g/mol. The molecule has 23 heavy (non-hydrogen) atoms. The zero-order valence-corrected chi connectivity index (χ0v) is 14.9. The predicted octanol–water partition coefficient (Wildman–Crippen LogP) is 3.74. The van der Waals surface area contributed by atoms with Crippen molar-refractivity contribution in [3.63, 3.8) is 0 Å². The van der Waals surface area contributed by atoms with Gasteiger partial charge in [0.25, 0.3) is 5.56 Å². The molecule has 6 heteroatoms. The van der Waals surface area contributed by atoms with E-state index in [9.17, 15) is 4.79 Å². The van der Waals surface area contributed by atoms with Gasteiger partial charge in [0.2, 0.25) is 0 Å². The summed E-state index contributed by atoms with van der Waals surface area (Å²) < 4.78 is 2.38. The van der Waals surface area contributed by atoms with Crippen molar-refractivity contribution in [3.8, 4) is 0 Å². The molecule has 2 aromatic heterocycles. The van der Waals surface area contributed by atoms with E-state index < -0.39 is 0 Å². The Morgan fingerprint density at radius 3 is 2.83 bits per heavy atom. The van der Waals surface area contributed by atoms with Crippen molar-refractivity contribution in [2.45, 2.75) is 13.1 Å². The van der Waals surface area contributed by atoms with Crippen LogP contribution in [0.25, 0.3) is 5.65 Å². The molecule has 0 radical (unpaired) electrons. The second kappa shape index (κ2) is 6.83. The lowest BCUT2D eigenvalue weighted by atomic mass is 10.2. The lowest BCUT2D eigenvalue weighted by Gasteiger charge is -2.16. The number of hydrogen-bond donors (Lipinski definition) is 0. The molecular formula is C17H15BrClN3O. The normalized spacial score (nSPS) is 11.3. The van der Waals surface area contributed by atoms with Crippen molar-refractivity contribution < 1.29 is 0 Å². The largest absolute Gasteiger partial charge is 0.296 e. The molecule has 4 nitrogen and oxygen atoms in total. The van der Waals surface area contributed by atoms with Crippen LogP contribution in [0.1, 0.15) is 11.3 Å². The van der Waals surface area contributed by atoms with Crippen molar-refractivity contribution >= 4 is 33.2 Å². The molecule has 3 aromatic rings. The van der Waals surface area contributed by atoms with E-state index in [-0.39, 0.29) is 5.56 Å². The maximum Gasteiger partial charge on any atom is 0.258 e. The average molecular weight is 393 g/mol. The van der Waals surface area contributed by atoms with Gasteiger partial charge in [0.05, 0.1) is 5.69 Å². The Balaban J connectivity index is 1.81. The minimum Gasteiger partial charge on any atom is -0.296 e. The molecule has 0 fully saturated rings. The van der Waals surface area contributed by atoms with Crippen LogP contribution < -0.4 is 5.56 Å². The Morgan fingerprint density at radius 2 is 2.04 bits per heavy atom. The number of aromatic nitrogens is 2. The van der Waals surface area contributed by atoms with Gasteiger partial charge in [0, 0.05) is 34.8 Å². The first-order valence-electron chi connectivity index (χ1n) is 7.12. The Kier molecular flexibility index (Phi) is 4.80. The summed E-state index contributed by atoms with van der Waals surface area (Å²) >= 11 is 9.37. The van der Waals surface area contributed by atoms with Crippen LogP contribution in [0.2, 0.25) is 5.02 Å². The highest BCUT2D eigenvalue weighted by atomic mass is 79.9. The van der Waals surface area contributed by atoms with E-state index in [1.54, 1.807) is 12.3 Å². The van der Waals surface area contributed by atoms with E-state index in [4.69, 9.17) is 11.6 Å². The van der Waals surface area contributed by atoms with Crippen LogP contribution in [0.5, 0.6) is 0 Å². The summed E-state index contributed by atoms with van der Waals surface area (Å²) in [7, 11) is 1.99. The molecule has 0 aliphatic carbocycles. The molecule has 118 valence electrons. The lowest BCUT2D eigenvalue weighted by Crippen LogP contribution is -2.21. The summed E-state index contributed by atoms with van der Waals surface area (Å²) in [5.74, 6) is 0. The molecular weight excluding hydrogens is 378 g/mol. The van der Waals surface area contributed by atoms with Crippen LogP contribution in [0, 0.1) is 0 Å². The summed E-state index contributed by atoms with van der Waals surface area (Å²) in [6.45, 7) is 1.33. The number of rotatable bonds is 4. The maximum atomic E-state index is 12.2. The number of nitrogens with zero attached hydrogens (tertiary/aromatic N) is 3. The highest BCUT2D eigenvalue weighted by Crippen LogP contribution is 2.13. The first-order chi connectivity index (χ1) is 11.0. The third kappa shape index (κ3) is 3.99. The molecule has 0 aliphatic heterocycles. The van der Waals surface area contributed by atoms with Gasteiger partial charge in [0.1, 0.15) is 5.65 Å². The quantitative estimate of drug-likeness (QED) is 0.679. The number of pyridine rings is 1. The molecule has 0 spiro atoms. The summed E-state index contributed by atoms with van der Waals surface area (Å²) in [6.07, 6.45) is 1.73. The third-order valence-corrected chi connectivity index (χ3v) is 4.15. The van der Waals surface area contributed by atoms with E-state index in [0.29, 0.717) is 12.2 Å². The van der Waals surface area contributed by atoms with Gasteiger partial charge in [-0.3, -0.25) is 14.1 Å². The first kappa shape index (κ1) is 16.2. The molecule has 0 saturated carbocycles. The summed E-state index contributed by atoms with van der Waals surface area (Å²) in [5.41, 5.74) is 2.44. The number of halogens is 2. The molecule has 0 unspecified atom stereocenters. The van der Waals surface area contributed by atoms with Crippen molar-refractivity contribution in [1.82, 2.24) is 14.3 Å². The predicted molar refractivity (Wildman–Crippen MR) is 95.8 cm³/mol. The van der Waals surface area contributed by atoms with E-state index >= 15 is 0 Å². The Hall–Kier alpha value is -1.69. The first-order valence-corrected chi connectivity index (χ1v) is 8.29. The maximum absolute atomic E-state index is 12.2. The van der Waals surface area contributed by atoms with Gasteiger partial charge in [-0.05, 0) is 52.8 Å². The van der Waals surface area contributed by atoms with E-state index in [0.717, 1.165) is 27.3 Å². The smallest absolute Gasteiger partial charge is 0.258 e. The highest BCUT2D eigenvalue weighted by Gasteiger charge is 2.07. The van der Waals surface area contributed by atoms with Gasteiger partial charge in [-0.2, -0.15) is 0 Å². The Labute approximate surface area is 147 Å². The summed E-state index contributed by atoms with van der Waals surface area (Å²) in [5, 5.41) is 0.726. The number of benzene rings is 1. The van der Waals surface area contributed by atoms with Crippen LogP contribution in [-0.2, 0) is 13.1 Å². The topological polar surface area (TPSA) is 37.6 Å². The van der Waals surface area contributed by atoms with E-state index in [1.165, 1.54) is 4.40 Å². The van der Waals surface area contributed by atoms with Crippen LogP contribution in [0.3, 0.4) is 0 Å². The van der Waals surface area contributed by atoms with Crippen LogP contribution in [0.4, 0.5) is 0 Å². The zero-order valence-electron chi connectivity index (χ0n) is 12.5. The molecule has 2 heterocycles. The molecule has 0 amide bonds. The second-order valence-electron chi connectivity index (χ2n) is 5.46. The molecule has 1 aromatic carbocycles. The number of hydrogen-bond acceptors (Lipinski definition) is 3. The Bertz CT molecular complexity index is 910. The molecule has 0 saturated heterocycles. The van der Waals surface area contributed by atoms with Gasteiger partial charge in [-0.15, -0.1) is 0 Å². The van der Waals surface area contributed by atoms with Crippen LogP contribution in [-0.4, -0.2) is 21.3 Å². The van der Waals surface area contributed by atoms with Crippen molar-refractivity contribution in [3.05, 3.63) is 79.8 Å². The fraction of sp³-hybridized carbons (Fsp3) is 0.176. The van der Waals surface area contributed by atoms with Crippen molar-refractivity contribution in [2.24, 2.45) is 0 Å². The molecule has 0 atom stereocenters. The fourth-order valence-electron chi connectivity index (χ4n) is 2.49. The standard InChI is InChI=1S/C17H15BrClN3O/c1-21(9-12-3-2-4-14(19)7-12)11-15-8-17(23)22-10-13(18)5-6-16(22)20-15/h2-8,10H,9,11H2,1H3. The summed E-state index contributed by atoms with van der Waals surface area (Å²) in [6, 6.07) is 13.0. The van der Waals surface area contributed by atoms with Gasteiger partial charge in [-0.25, -0.2) is 4.98 Å². The van der Waals surface area contributed by atoms with E-state index in [2.05, 4.69) is 25.8 Å². The SMILES string of the molecule is CN(Cc1cccc(Cl)c1)Cc1cc(=O)n2cc(Br)ccc2n1. The molecule has 0 bridgehead atoms. The second-order valence-corrected chi connectivity index (χ2v) is 6.82. The van der Waals surface area contributed by atoms with E-state index in [1.807, 2.05) is 43.4 Å². The summed E-state index contributed by atoms with van der Waals surface area (Å²) in [4.78, 5) is 18.9. The fourth-order valence-corrected chi connectivity index (χ4v) is 3.04. The van der Waals surface area contributed by atoms with Crippen molar-refractivity contribution in [2.75, 3.05) is 7.05 Å². The number of fused-ring (bicyclic) bond motifs is 1. The van der Waals surface area contributed by atoms with Crippen molar-refractivity contribution in [1.29, 1.82) is 0 Å². The lowest BCUT2D eigenvalue weighted by molar-refractivity contribution is 0.315. The minimum atomic E-state index is -0.0811. The zero-order chi connectivity index (χ0) is 16.4. The molecule has 3 rings (SSSR count).